The molecule has 0 radical (unpaired) electrons. The van der Waals surface area contributed by atoms with Crippen LogP contribution in [0, 0.1) is 46.8 Å². The summed E-state index contributed by atoms with van der Waals surface area (Å²) in [7, 11) is 0. The molecule has 1 nitrogen and oxygen atoms in total. The van der Waals surface area contributed by atoms with Crippen molar-refractivity contribution in [2.24, 2.45) is 17.8 Å². The van der Waals surface area contributed by atoms with Gasteiger partial charge in [0.05, 0.1) is 10.4 Å². The highest BCUT2D eigenvalue weighted by molar-refractivity contribution is 6.32. The first-order chi connectivity index (χ1) is 17.5. The van der Waals surface area contributed by atoms with Crippen molar-refractivity contribution >= 4 is 22.4 Å². The van der Waals surface area contributed by atoms with Gasteiger partial charge in [-0.15, -0.1) is 0 Å². The second kappa shape index (κ2) is 9.68. The molecule has 2 aliphatic rings. The third kappa shape index (κ3) is 4.77. The predicted octanol–water partition coefficient (Wildman–Crippen LogP) is 9.64. The molecule has 2 saturated carbocycles. The Kier molecular flexibility index (Phi) is 6.84. The van der Waals surface area contributed by atoms with Crippen LogP contribution in [0.3, 0.4) is 0 Å². The highest BCUT2D eigenvalue weighted by Gasteiger charge is 2.40. The van der Waals surface area contributed by atoms with Gasteiger partial charge in [0.1, 0.15) is 17.1 Å². The first-order valence-electron chi connectivity index (χ1n) is 12.3. The molecule has 3 aromatic rings. The summed E-state index contributed by atoms with van der Waals surface area (Å²) in [4.78, 5) is 0. The van der Waals surface area contributed by atoms with Gasteiger partial charge in [-0.3, -0.25) is 0 Å². The van der Waals surface area contributed by atoms with Crippen LogP contribution in [0.15, 0.2) is 30.3 Å². The Labute approximate surface area is 214 Å². The number of halogens is 8. The molecule has 0 bridgehead atoms. The topological polar surface area (TPSA) is 9.23 Å². The van der Waals surface area contributed by atoms with Gasteiger partial charge in [-0.25, -0.2) is 22.0 Å². The minimum absolute atomic E-state index is 0.0168. The zero-order chi connectivity index (χ0) is 26.6. The Morgan fingerprint density at radius 3 is 2.16 bits per heavy atom. The smallest absolute Gasteiger partial charge is 0.429 e. The summed E-state index contributed by atoms with van der Waals surface area (Å²) < 4.78 is 105. The van der Waals surface area contributed by atoms with Gasteiger partial charge in [-0.2, -0.15) is 8.78 Å². The van der Waals surface area contributed by atoms with E-state index >= 15 is 8.78 Å². The molecule has 0 heterocycles. The van der Waals surface area contributed by atoms with Gasteiger partial charge in [0, 0.05) is 12.1 Å². The van der Waals surface area contributed by atoms with Crippen LogP contribution < -0.4 is 4.74 Å². The third-order valence-electron chi connectivity index (χ3n) is 7.98. The Morgan fingerprint density at radius 2 is 1.46 bits per heavy atom. The lowest BCUT2D eigenvalue weighted by atomic mass is 9.64. The molecule has 2 fully saturated rings. The number of ether oxygens (including phenoxy) is 1. The fraction of sp³-hybridized carbons (Fsp3) is 0.429. The number of hydrogen-bond donors (Lipinski definition) is 0. The maximum atomic E-state index is 15.4. The van der Waals surface area contributed by atoms with E-state index in [1.807, 2.05) is 0 Å². The van der Waals surface area contributed by atoms with E-state index in [0.29, 0.717) is 23.3 Å². The molecule has 0 amide bonds. The standard InChI is InChI=1S/C28H24ClF7O/c1-13-2-3-15-9-16(5-4-14(15)8-13)19-10-17-6-7-20(25(32)23(17)27(34)24(19)29)28(35,36)37-18-11-21(30)26(33)22(31)12-18/h6-7,10-16H,2-5,8-9H2,1H3. The molecular weight excluding hydrogens is 521 g/mol. The van der Waals surface area contributed by atoms with Crippen molar-refractivity contribution in [1.82, 2.24) is 0 Å². The maximum Gasteiger partial charge on any atom is 0.429 e. The van der Waals surface area contributed by atoms with Crippen LogP contribution in [-0.4, -0.2) is 0 Å². The highest BCUT2D eigenvalue weighted by Crippen LogP contribution is 2.50. The Balaban J connectivity index is 1.48. The van der Waals surface area contributed by atoms with Gasteiger partial charge in [-0.1, -0.05) is 31.0 Å². The number of alkyl halides is 2. The fourth-order valence-electron chi connectivity index (χ4n) is 6.12. The summed E-state index contributed by atoms with van der Waals surface area (Å²) in [6.07, 6.45) is 1.63. The van der Waals surface area contributed by atoms with E-state index in [0.717, 1.165) is 44.2 Å². The Hall–Kier alpha value is -2.48. The molecular formula is C28H24ClF7O. The summed E-state index contributed by atoms with van der Waals surface area (Å²) in [5.74, 6) is -7.39. The van der Waals surface area contributed by atoms with Crippen molar-refractivity contribution < 1.29 is 35.5 Å². The summed E-state index contributed by atoms with van der Waals surface area (Å²) in [6, 6.07) is 3.82. The summed E-state index contributed by atoms with van der Waals surface area (Å²) >= 11 is 6.34. The van der Waals surface area contributed by atoms with Crippen LogP contribution in [0.5, 0.6) is 5.75 Å². The van der Waals surface area contributed by atoms with E-state index in [1.54, 1.807) is 6.07 Å². The molecule has 4 unspecified atom stereocenters. The van der Waals surface area contributed by atoms with E-state index in [1.165, 1.54) is 6.42 Å². The largest absolute Gasteiger partial charge is 0.429 e. The van der Waals surface area contributed by atoms with Gasteiger partial charge < -0.3 is 4.74 Å². The van der Waals surface area contributed by atoms with Crippen molar-refractivity contribution in [2.45, 2.75) is 57.5 Å². The van der Waals surface area contributed by atoms with E-state index in [4.69, 9.17) is 11.6 Å². The van der Waals surface area contributed by atoms with E-state index < -0.39 is 51.9 Å². The lowest BCUT2D eigenvalue weighted by Gasteiger charge is -2.41. The lowest BCUT2D eigenvalue weighted by Crippen LogP contribution is -2.29. The van der Waals surface area contributed by atoms with E-state index in [2.05, 4.69) is 11.7 Å². The van der Waals surface area contributed by atoms with Crippen LogP contribution in [0.2, 0.25) is 5.02 Å². The van der Waals surface area contributed by atoms with Gasteiger partial charge in [-0.05, 0) is 78.9 Å². The molecule has 9 heteroatoms. The minimum Gasteiger partial charge on any atom is -0.429 e. The zero-order valence-electron chi connectivity index (χ0n) is 19.9. The van der Waals surface area contributed by atoms with Crippen LogP contribution in [0.25, 0.3) is 10.8 Å². The fourth-order valence-corrected chi connectivity index (χ4v) is 6.43. The predicted molar refractivity (Wildman–Crippen MR) is 126 cm³/mol. The molecule has 2 aliphatic carbocycles. The van der Waals surface area contributed by atoms with Crippen molar-refractivity contribution in [3.05, 3.63) is 75.6 Å². The summed E-state index contributed by atoms with van der Waals surface area (Å²) in [5, 5.41) is -0.971. The highest BCUT2D eigenvalue weighted by atomic mass is 35.5. The number of hydrogen-bond acceptors (Lipinski definition) is 1. The average Bonchev–Trinajstić information content (AvgIpc) is 2.84. The van der Waals surface area contributed by atoms with Gasteiger partial charge in [0.25, 0.3) is 0 Å². The van der Waals surface area contributed by atoms with Crippen LogP contribution in [0.1, 0.15) is 62.5 Å². The van der Waals surface area contributed by atoms with Crippen LogP contribution in [-0.2, 0) is 6.11 Å². The second-order valence-corrected chi connectivity index (χ2v) is 10.8. The number of benzene rings is 3. The molecule has 5 rings (SSSR count). The first-order valence-corrected chi connectivity index (χ1v) is 12.7. The summed E-state index contributed by atoms with van der Waals surface area (Å²) in [5.41, 5.74) is -0.819. The molecule has 37 heavy (non-hydrogen) atoms. The minimum atomic E-state index is -4.46. The summed E-state index contributed by atoms with van der Waals surface area (Å²) in [6.45, 7) is 2.26. The van der Waals surface area contributed by atoms with Gasteiger partial charge in [0.15, 0.2) is 23.3 Å². The zero-order valence-corrected chi connectivity index (χ0v) is 20.6. The SMILES string of the molecule is CC1CCC2CC(c3cc4ccc(C(F)(F)Oc5cc(F)c(F)c(F)c5)c(F)c4c(F)c3Cl)CCC2C1. The van der Waals surface area contributed by atoms with Crippen LogP contribution >= 0.6 is 11.6 Å². The molecule has 0 aromatic heterocycles. The first kappa shape index (κ1) is 26.1. The maximum absolute atomic E-state index is 15.4. The lowest BCUT2D eigenvalue weighted by molar-refractivity contribution is -0.187. The Bertz CT molecular complexity index is 1340. The number of rotatable bonds is 4. The second-order valence-electron chi connectivity index (χ2n) is 10.4. The van der Waals surface area contributed by atoms with Crippen molar-refractivity contribution in [1.29, 1.82) is 0 Å². The van der Waals surface area contributed by atoms with Gasteiger partial charge in [0.2, 0.25) is 0 Å². The monoisotopic (exact) mass is 544 g/mol. The molecule has 0 aliphatic heterocycles. The Morgan fingerprint density at radius 1 is 0.811 bits per heavy atom. The molecule has 4 atom stereocenters. The van der Waals surface area contributed by atoms with Crippen molar-refractivity contribution in [2.75, 3.05) is 0 Å². The molecule has 0 N–H and O–H groups in total. The van der Waals surface area contributed by atoms with Crippen LogP contribution in [0.4, 0.5) is 30.7 Å². The third-order valence-corrected chi connectivity index (χ3v) is 8.37. The van der Waals surface area contributed by atoms with E-state index in [-0.39, 0.29) is 28.5 Å². The average molecular weight is 545 g/mol. The van der Waals surface area contributed by atoms with Crippen molar-refractivity contribution in [3.63, 3.8) is 0 Å². The quantitative estimate of drug-likeness (QED) is 0.235. The van der Waals surface area contributed by atoms with Crippen molar-refractivity contribution in [3.8, 4) is 5.75 Å². The molecule has 0 saturated heterocycles. The van der Waals surface area contributed by atoms with Gasteiger partial charge >= 0.3 is 6.11 Å². The molecule has 198 valence electrons. The van der Waals surface area contributed by atoms with E-state index in [9.17, 15) is 22.0 Å². The number of fused-ring (bicyclic) bond motifs is 2. The molecule has 0 spiro atoms. The normalized spacial score (nSPS) is 24.2. The molecule has 3 aromatic carbocycles.